The molecular formula is C16H25FN2. The molecule has 1 aromatic carbocycles. The first-order valence-electron chi connectivity index (χ1n) is 7.17. The summed E-state index contributed by atoms with van der Waals surface area (Å²) in [5.41, 5.74) is 1.09. The molecule has 2 unspecified atom stereocenters. The summed E-state index contributed by atoms with van der Waals surface area (Å²) in [6.45, 7) is 7.58. The van der Waals surface area contributed by atoms with Gasteiger partial charge in [-0.15, -0.1) is 0 Å². The standard InChI is InChI=1S/C16H25FN2/c1-13(14-7-4-5-8-15(14)17)19(3)12-16(2)9-6-10-18-11-16/h4-5,7-8,13,18H,6,9-12H2,1-3H3. The molecule has 106 valence electrons. The van der Waals surface area contributed by atoms with Gasteiger partial charge in [0.2, 0.25) is 0 Å². The van der Waals surface area contributed by atoms with Crippen molar-refractivity contribution in [2.24, 2.45) is 5.41 Å². The second kappa shape index (κ2) is 6.02. The number of hydrogen-bond donors (Lipinski definition) is 1. The predicted molar refractivity (Wildman–Crippen MR) is 77.7 cm³/mol. The molecule has 0 aliphatic carbocycles. The average molecular weight is 264 g/mol. The van der Waals surface area contributed by atoms with Crippen molar-refractivity contribution in [3.63, 3.8) is 0 Å². The summed E-state index contributed by atoms with van der Waals surface area (Å²) in [5.74, 6) is -0.103. The lowest BCUT2D eigenvalue weighted by atomic mass is 9.82. The molecule has 1 aliphatic heterocycles. The van der Waals surface area contributed by atoms with Gasteiger partial charge in [0.1, 0.15) is 5.82 Å². The molecule has 1 fully saturated rings. The Morgan fingerprint density at radius 1 is 1.42 bits per heavy atom. The number of halogens is 1. The van der Waals surface area contributed by atoms with E-state index in [9.17, 15) is 4.39 Å². The maximum Gasteiger partial charge on any atom is 0.127 e. The van der Waals surface area contributed by atoms with Gasteiger partial charge >= 0.3 is 0 Å². The van der Waals surface area contributed by atoms with Crippen LogP contribution in [0.3, 0.4) is 0 Å². The first-order chi connectivity index (χ1) is 9.02. The maximum absolute atomic E-state index is 13.8. The Balaban J connectivity index is 2.03. The molecule has 3 heteroatoms. The number of nitrogens with one attached hydrogen (secondary N) is 1. The first-order valence-corrected chi connectivity index (χ1v) is 7.17. The second-order valence-electron chi connectivity index (χ2n) is 6.20. The SMILES string of the molecule is CC(c1ccccc1F)N(C)CC1(C)CCCNC1. The van der Waals surface area contributed by atoms with Crippen molar-refractivity contribution in [2.45, 2.75) is 32.7 Å². The van der Waals surface area contributed by atoms with Gasteiger partial charge in [-0.3, -0.25) is 4.90 Å². The van der Waals surface area contributed by atoms with E-state index >= 15 is 0 Å². The van der Waals surface area contributed by atoms with Crippen molar-refractivity contribution < 1.29 is 4.39 Å². The van der Waals surface area contributed by atoms with Crippen LogP contribution in [-0.2, 0) is 0 Å². The summed E-state index contributed by atoms with van der Waals surface area (Å²) in [7, 11) is 2.09. The fraction of sp³-hybridized carbons (Fsp3) is 0.625. The Bertz CT molecular complexity index is 413. The Labute approximate surface area is 116 Å². The zero-order valence-corrected chi connectivity index (χ0v) is 12.2. The third-order valence-electron chi connectivity index (χ3n) is 4.33. The van der Waals surface area contributed by atoms with Crippen LogP contribution in [0.5, 0.6) is 0 Å². The normalized spacial score (nSPS) is 25.5. The highest BCUT2D eigenvalue weighted by Crippen LogP contribution is 2.30. The van der Waals surface area contributed by atoms with Gasteiger partial charge < -0.3 is 5.32 Å². The van der Waals surface area contributed by atoms with Gasteiger partial charge in [-0.1, -0.05) is 25.1 Å². The molecule has 1 heterocycles. The van der Waals surface area contributed by atoms with E-state index in [-0.39, 0.29) is 11.9 Å². The second-order valence-corrected chi connectivity index (χ2v) is 6.20. The smallest absolute Gasteiger partial charge is 0.127 e. The molecular weight excluding hydrogens is 239 g/mol. The summed E-state index contributed by atoms with van der Waals surface area (Å²) in [6, 6.07) is 7.20. The van der Waals surface area contributed by atoms with Crippen LogP contribution in [0.1, 0.15) is 38.3 Å². The topological polar surface area (TPSA) is 15.3 Å². The highest BCUT2D eigenvalue weighted by Gasteiger charge is 2.29. The molecule has 0 bridgehead atoms. The highest BCUT2D eigenvalue weighted by molar-refractivity contribution is 5.20. The van der Waals surface area contributed by atoms with Crippen LogP contribution in [0.15, 0.2) is 24.3 Å². The molecule has 2 nitrogen and oxygen atoms in total. The van der Waals surface area contributed by atoms with Crippen LogP contribution in [0.2, 0.25) is 0 Å². The third kappa shape index (κ3) is 3.54. The van der Waals surface area contributed by atoms with E-state index in [1.54, 1.807) is 12.1 Å². The van der Waals surface area contributed by atoms with E-state index in [0.717, 1.165) is 25.2 Å². The van der Waals surface area contributed by atoms with E-state index in [1.807, 2.05) is 12.1 Å². The first kappa shape index (κ1) is 14.5. The minimum Gasteiger partial charge on any atom is -0.316 e. The Kier molecular flexibility index (Phi) is 4.58. The van der Waals surface area contributed by atoms with Crippen LogP contribution >= 0.6 is 0 Å². The molecule has 1 N–H and O–H groups in total. The van der Waals surface area contributed by atoms with Crippen molar-refractivity contribution in [1.82, 2.24) is 10.2 Å². The lowest BCUT2D eigenvalue weighted by molar-refractivity contribution is 0.125. The number of piperidine rings is 1. The molecule has 1 aromatic rings. The van der Waals surface area contributed by atoms with Crippen LogP contribution < -0.4 is 5.32 Å². The molecule has 2 rings (SSSR count). The summed E-state index contributed by atoms with van der Waals surface area (Å²) in [6.07, 6.45) is 2.48. The van der Waals surface area contributed by atoms with Gasteiger partial charge in [0.15, 0.2) is 0 Å². The van der Waals surface area contributed by atoms with Crippen LogP contribution in [0.25, 0.3) is 0 Å². The number of hydrogen-bond acceptors (Lipinski definition) is 2. The fourth-order valence-electron chi connectivity index (χ4n) is 3.04. The quantitative estimate of drug-likeness (QED) is 0.898. The van der Waals surface area contributed by atoms with Crippen molar-refractivity contribution in [2.75, 3.05) is 26.7 Å². The fourth-order valence-corrected chi connectivity index (χ4v) is 3.04. The van der Waals surface area contributed by atoms with Crippen molar-refractivity contribution in [1.29, 1.82) is 0 Å². The Morgan fingerprint density at radius 3 is 2.79 bits per heavy atom. The number of rotatable bonds is 4. The summed E-state index contributed by atoms with van der Waals surface area (Å²) < 4.78 is 13.8. The van der Waals surface area contributed by atoms with Gasteiger partial charge in [0, 0.05) is 24.7 Å². The summed E-state index contributed by atoms with van der Waals surface area (Å²) in [4.78, 5) is 2.27. The molecule has 1 aliphatic rings. The lowest BCUT2D eigenvalue weighted by Crippen LogP contribution is -2.45. The van der Waals surface area contributed by atoms with E-state index in [1.165, 1.54) is 12.8 Å². The number of nitrogens with zero attached hydrogens (tertiary/aromatic N) is 1. The number of benzene rings is 1. The molecule has 19 heavy (non-hydrogen) atoms. The van der Waals surface area contributed by atoms with Gasteiger partial charge in [-0.05, 0) is 44.8 Å². The summed E-state index contributed by atoms with van der Waals surface area (Å²) in [5, 5.41) is 3.47. The Hall–Kier alpha value is -0.930. The minimum absolute atomic E-state index is 0.103. The van der Waals surface area contributed by atoms with Crippen molar-refractivity contribution in [3.8, 4) is 0 Å². The maximum atomic E-state index is 13.8. The van der Waals surface area contributed by atoms with Gasteiger partial charge in [-0.2, -0.15) is 0 Å². The van der Waals surface area contributed by atoms with Gasteiger partial charge in [-0.25, -0.2) is 4.39 Å². The summed E-state index contributed by atoms with van der Waals surface area (Å²) >= 11 is 0. The third-order valence-corrected chi connectivity index (χ3v) is 4.33. The lowest BCUT2D eigenvalue weighted by Gasteiger charge is -2.39. The average Bonchev–Trinajstić information content (AvgIpc) is 2.39. The molecule has 0 saturated carbocycles. The molecule has 2 atom stereocenters. The van der Waals surface area contributed by atoms with Gasteiger partial charge in [0.05, 0.1) is 0 Å². The van der Waals surface area contributed by atoms with Crippen molar-refractivity contribution >= 4 is 0 Å². The largest absolute Gasteiger partial charge is 0.316 e. The zero-order chi connectivity index (χ0) is 13.9. The van der Waals surface area contributed by atoms with Crippen LogP contribution in [0.4, 0.5) is 4.39 Å². The van der Waals surface area contributed by atoms with Crippen molar-refractivity contribution in [3.05, 3.63) is 35.6 Å². The van der Waals surface area contributed by atoms with Crippen LogP contribution in [-0.4, -0.2) is 31.6 Å². The van der Waals surface area contributed by atoms with Crippen LogP contribution in [0, 0.1) is 11.2 Å². The minimum atomic E-state index is -0.103. The van der Waals surface area contributed by atoms with E-state index in [0.29, 0.717) is 5.41 Å². The van der Waals surface area contributed by atoms with E-state index in [4.69, 9.17) is 0 Å². The molecule has 0 amide bonds. The molecule has 0 spiro atoms. The monoisotopic (exact) mass is 264 g/mol. The molecule has 0 radical (unpaired) electrons. The van der Waals surface area contributed by atoms with E-state index in [2.05, 4.69) is 31.1 Å². The predicted octanol–water partition coefficient (Wildman–Crippen LogP) is 3.21. The van der Waals surface area contributed by atoms with E-state index < -0.39 is 0 Å². The molecule has 1 saturated heterocycles. The van der Waals surface area contributed by atoms with Gasteiger partial charge in [0.25, 0.3) is 0 Å². The zero-order valence-electron chi connectivity index (χ0n) is 12.2. The Morgan fingerprint density at radius 2 is 2.16 bits per heavy atom. The molecule has 0 aromatic heterocycles. The highest BCUT2D eigenvalue weighted by atomic mass is 19.1.